The van der Waals surface area contributed by atoms with Crippen LogP contribution in [0.3, 0.4) is 0 Å². The molecule has 0 radical (unpaired) electrons. The lowest BCUT2D eigenvalue weighted by atomic mass is 10.2. The zero-order chi connectivity index (χ0) is 9.56. The molecule has 0 aliphatic carbocycles. The molecule has 3 N–H and O–H groups in total. The molecule has 1 saturated heterocycles. The lowest BCUT2D eigenvalue weighted by Crippen LogP contribution is -2.36. The molecule has 0 saturated carbocycles. The molecule has 0 aromatic rings. The number of nitrogens with one attached hydrogen (secondary N) is 1. The fraction of sp³-hybridized carbons (Fsp3) is 1.00. The smallest absolute Gasteiger partial charge is 0.0865 e. The first-order chi connectivity index (χ1) is 5.70. The zero-order valence-electron chi connectivity index (χ0n) is 8.63. The Balaban J connectivity index is 0.000000561. The molecule has 0 amide bonds. The lowest BCUT2D eigenvalue weighted by Gasteiger charge is -2.17. The van der Waals surface area contributed by atoms with E-state index in [0.29, 0.717) is 0 Å². The van der Waals surface area contributed by atoms with Crippen LogP contribution in [0.25, 0.3) is 0 Å². The summed E-state index contributed by atoms with van der Waals surface area (Å²) in [7, 11) is 0. The Labute approximate surface area is 75.7 Å². The highest BCUT2D eigenvalue weighted by atomic mass is 16.5. The summed E-state index contributed by atoms with van der Waals surface area (Å²) in [6.07, 6.45) is 0.510. The fourth-order valence-corrected chi connectivity index (χ4v) is 1.17. The Bertz CT molecular complexity index is 107. The van der Waals surface area contributed by atoms with E-state index in [2.05, 4.69) is 5.32 Å². The minimum atomic E-state index is 0.183. The van der Waals surface area contributed by atoms with Crippen LogP contribution >= 0.6 is 0 Å². The summed E-state index contributed by atoms with van der Waals surface area (Å²) in [4.78, 5) is 0. The third-order valence-corrected chi connectivity index (χ3v) is 1.65. The van der Waals surface area contributed by atoms with Crippen LogP contribution in [0.4, 0.5) is 0 Å². The van der Waals surface area contributed by atoms with Crippen molar-refractivity contribution < 1.29 is 4.74 Å². The van der Waals surface area contributed by atoms with E-state index in [1.807, 2.05) is 27.7 Å². The minimum Gasteiger partial charge on any atom is -0.373 e. The van der Waals surface area contributed by atoms with Crippen molar-refractivity contribution in [2.45, 2.75) is 45.9 Å². The first kappa shape index (κ1) is 11.9. The van der Waals surface area contributed by atoms with Crippen LogP contribution in [-0.2, 0) is 4.74 Å². The second-order valence-corrected chi connectivity index (χ2v) is 3.05. The highest BCUT2D eigenvalue weighted by Gasteiger charge is 2.24. The summed E-state index contributed by atoms with van der Waals surface area (Å²) in [5.41, 5.74) is 5.74. The van der Waals surface area contributed by atoms with Crippen molar-refractivity contribution in [2.24, 2.45) is 5.73 Å². The third-order valence-electron chi connectivity index (χ3n) is 1.65. The molecule has 0 aromatic heterocycles. The molecular weight excluding hydrogens is 152 g/mol. The number of hydrogen-bond donors (Lipinski definition) is 2. The Kier molecular flexibility index (Phi) is 6.34. The maximum atomic E-state index is 5.74. The Morgan fingerprint density at radius 2 is 1.92 bits per heavy atom. The van der Waals surface area contributed by atoms with Gasteiger partial charge in [0.2, 0.25) is 0 Å². The van der Waals surface area contributed by atoms with Gasteiger partial charge in [-0.2, -0.15) is 0 Å². The summed E-state index contributed by atoms with van der Waals surface area (Å²) in [6.45, 7) is 9.85. The summed E-state index contributed by atoms with van der Waals surface area (Å²) >= 11 is 0. The van der Waals surface area contributed by atoms with Crippen LogP contribution in [-0.4, -0.2) is 31.3 Å². The highest BCUT2D eigenvalue weighted by molar-refractivity contribution is 4.85. The van der Waals surface area contributed by atoms with Gasteiger partial charge in [-0.05, 0) is 13.8 Å². The van der Waals surface area contributed by atoms with Gasteiger partial charge < -0.3 is 15.8 Å². The first-order valence-electron chi connectivity index (χ1n) is 4.82. The molecule has 3 heteroatoms. The zero-order valence-corrected chi connectivity index (χ0v) is 8.63. The maximum absolute atomic E-state index is 5.74. The molecule has 2 atom stereocenters. The van der Waals surface area contributed by atoms with E-state index < -0.39 is 0 Å². The summed E-state index contributed by atoms with van der Waals surface area (Å²) < 4.78 is 5.54. The second kappa shape index (κ2) is 6.40. The molecule has 1 fully saturated rings. The molecule has 1 aliphatic rings. The van der Waals surface area contributed by atoms with E-state index >= 15 is 0 Å². The first-order valence-corrected chi connectivity index (χ1v) is 4.82. The predicted molar refractivity (Wildman–Crippen MR) is 52.2 cm³/mol. The SMILES string of the molecule is CC.CC(C)OC1CNCC1N. The molecule has 0 bridgehead atoms. The highest BCUT2D eigenvalue weighted by Crippen LogP contribution is 2.04. The number of nitrogens with two attached hydrogens (primary N) is 1. The summed E-state index contributed by atoms with van der Waals surface area (Å²) in [5, 5.41) is 3.18. The Hall–Kier alpha value is -0.120. The van der Waals surface area contributed by atoms with Gasteiger partial charge in [0.1, 0.15) is 0 Å². The van der Waals surface area contributed by atoms with E-state index in [4.69, 9.17) is 10.5 Å². The normalized spacial score (nSPS) is 28.5. The second-order valence-electron chi connectivity index (χ2n) is 3.05. The monoisotopic (exact) mass is 174 g/mol. The molecule has 74 valence electrons. The number of rotatable bonds is 2. The van der Waals surface area contributed by atoms with Gasteiger partial charge in [0.05, 0.1) is 12.2 Å². The van der Waals surface area contributed by atoms with Gasteiger partial charge >= 0.3 is 0 Å². The molecule has 0 aromatic carbocycles. The van der Waals surface area contributed by atoms with E-state index in [0.717, 1.165) is 13.1 Å². The number of hydrogen-bond acceptors (Lipinski definition) is 3. The van der Waals surface area contributed by atoms with Crippen molar-refractivity contribution in [1.29, 1.82) is 0 Å². The van der Waals surface area contributed by atoms with E-state index in [9.17, 15) is 0 Å². The standard InChI is InChI=1S/C7H16N2O.C2H6/c1-5(2)10-7-4-9-3-6(7)8;1-2/h5-7,9H,3-4,8H2,1-2H3;1-2H3. The van der Waals surface area contributed by atoms with Crippen molar-refractivity contribution in [3.8, 4) is 0 Å². The van der Waals surface area contributed by atoms with Gasteiger partial charge in [0.25, 0.3) is 0 Å². The van der Waals surface area contributed by atoms with E-state index in [-0.39, 0.29) is 18.2 Å². The van der Waals surface area contributed by atoms with Crippen LogP contribution < -0.4 is 11.1 Å². The van der Waals surface area contributed by atoms with Gasteiger partial charge in [-0.3, -0.25) is 0 Å². The predicted octanol–water partition coefficient (Wildman–Crippen LogP) is 0.737. The Morgan fingerprint density at radius 3 is 2.25 bits per heavy atom. The molecule has 1 heterocycles. The average molecular weight is 174 g/mol. The van der Waals surface area contributed by atoms with Crippen LogP contribution in [0.15, 0.2) is 0 Å². The van der Waals surface area contributed by atoms with Crippen molar-refractivity contribution in [1.82, 2.24) is 5.32 Å². The van der Waals surface area contributed by atoms with Gasteiger partial charge in [0.15, 0.2) is 0 Å². The number of ether oxygens (including phenoxy) is 1. The van der Waals surface area contributed by atoms with Gasteiger partial charge in [-0.15, -0.1) is 0 Å². The largest absolute Gasteiger partial charge is 0.373 e. The topological polar surface area (TPSA) is 47.3 Å². The van der Waals surface area contributed by atoms with Crippen LogP contribution in [0, 0.1) is 0 Å². The van der Waals surface area contributed by atoms with E-state index in [1.54, 1.807) is 0 Å². The molecule has 2 unspecified atom stereocenters. The molecule has 1 rings (SSSR count). The van der Waals surface area contributed by atoms with Crippen molar-refractivity contribution >= 4 is 0 Å². The average Bonchev–Trinajstić information content (AvgIpc) is 2.40. The molecule has 0 spiro atoms. The molecule has 1 aliphatic heterocycles. The fourth-order valence-electron chi connectivity index (χ4n) is 1.17. The van der Waals surface area contributed by atoms with Crippen LogP contribution in [0.1, 0.15) is 27.7 Å². The minimum absolute atomic E-state index is 0.183. The summed E-state index contributed by atoms with van der Waals surface area (Å²) in [5.74, 6) is 0. The quantitative estimate of drug-likeness (QED) is 0.649. The van der Waals surface area contributed by atoms with Crippen molar-refractivity contribution in [2.75, 3.05) is 13.1 Å². The van der Waals surface area contributed by atoms with Gasteiger partial charge in [-0.25, -0.2) is 0 Å². The Morgan fingerprint density at radius 1 is 1.33 bits per heavy atom. The van der Waals surface area contributed by atoms with E-state index in [1.165, 1.54) is 0 Å². The molecule has 12 heavy (non-hydrogen) atoms. The van der Waals surface area contributed by atoms with Gasteiger partial charge in [-0.1, -0.05) is 13.8 Å². The van der Waals surface area contributed by atoms with Crippen LogP contribution in [0.2, 0.25) is 0 Å². The lowest BCUT2D eigenvalue weighted by molar-refractivity contribution is 0.0119. The van der Waals surface area contributed by atoms with Crippen molar-refractivity contribution in [3.05, 3.63) is 0 Å². The third kappa shape index (κ3) is 4.04. The molecule has 3 nitrogen and oxygen atoms in total. The maximum Gasteiger partial charge on any atom is 0.0865 e. The van der Waals surface area contributed by atoms with Gasteiger partial charge in [0, 0.05) is 19.1 Å². The summed E-state index contributed by atoms with van der Waals surface area (Å²) in [6, 6.07) is 0.183. The van der Waals surface area contributed by atoms with Crippen molar-refractivity contribution in [3.63, 3.8) is 0 Å². The molecular formula is C9H22N2O. The van der Waals surface area contributed by atoms with Crippen LogP contribution in [0.5, 0.6) is 0 Å².